The Balaban J connectivity index is 0.000000161. The van der Waals surface area contributed by atoms with E-state index in [1.165, 1.54) is 0 Å². The summed E-state index contributed by atoms with van der Waals surface area (Å²) in [7, 11) is 0. The van der Waals surface area contributed by atoms with Gasteiger partial charge in [-0.15, -0.1) is 0 Å². The summed E-state index contributed by atoms with van der Waals surface area (Å²) in [6.07, 6.45) is -1.82. The van der Waals surface area contributed by atoms with Crippen molar-refractivity contribution in [1.82, 2.24) is 0 Å². The van der Waals surface area contributed by atoms with Crippen LogP contribution < -0.4 is 9.47 Å². The van der Waals surface area contributed by atoms with Gasteiger partial charge >= 0.3 is 12.3 Å². The Labute approximate surface area is 161 Å². The standard InChI is InChI=1S/2C10H10O4/c2*11-10-13-7-9(14-10)6-12-8-4-2-1-3-5-8/h2*1-5,9H,6-7H2/t2*9-/m00/s1. The van der Waals surface area contributed by atoms with Crippen molar-refractivity contribution >= 4 is 12.3 Å². The summed E-state index contributed by atoms with van der Waals surface area (Å²) >= 11 is 0. The molecule has 0 N–H and O–H groups in total. The highest BCUT2D eigenvalue weighted by Crippen LogP contribution is 2.13. The van der Waals surface area contributed by atoms with Gasteiger partial charge in [-0.1, -0.05) is 36.4 Å². The molecule has 28 heavy (non-hydrogen) atoms. The molecule has 8 heteroatoms. The van der Waals surface area contributed by atoms with Crippen LogP contribution in [0.25, 0.3) is 0 Å². The molecule has 0 spiro atoms. The van der Waals surface area contributed by atoms with Crippen LogP contribution in [0.2, 0.25) is 0 Å². The molecule has 2 aliphatic heterocycles. The second-order valence-corrected chi connectivity index (χ2v) is 5.85. The quantitative estimate of drug-likeness (QED) is 0.697. The predicted octanol–water partition coefficient (Wildman–Crippen LogP) is 3.20. The first-order valence-electron chi connectivity index (χ1n) is 8.71. The van der Waals surface area contributed by atoms with Crippen molar-refractivity contribution in [3.8, 4) is 11.5 Å². The highest BCUT2D eigenvalue weighted by Gasteiger charge is 2.26. The Morgan fingerprint density at radius 3 is 1.39 bits per heavy atom. The van der Waals surface area contributed by atoms with Crippen molar-refractivity contribution in [3.63, 3.8) is 0 Å². The molecule has 0 saturated carbocycles. The second-order valence-electron chi connectivity index (χ2n) is 5.85. The number of carbonyl (C=O) groups is 2. The lowest BCUT2D eigenvalue weighted by Crippen LogP contribution is -2.19. The van der Waals surface area contributed by atoms with Crippen molar-refractivity contribution < 1.29 is 38.0 Å². The second kappa shape index (κ2) is 10.1. The molecule has 148 valence electrons. The van der Waals surface area contributed by atoms with Crippen LogP contribution in [0, 0.1) is 0 Å². The van der Waals surface area contributed by atoms with Crippen molar-refractivity contribution in [2.75, 3.05) is 26.4 Å². The van der Waals surface area contributed by atoms with E-state index in [1.54, 1.807) is 0 Å². The Morgan fingerprint density at radius 2 is 1.07 bits per heavy atom. The summed E-state index contributed by atoms with van der Waals surface area (Å²) in [6, 6.07) is 18.7. The maximum atomic E-state index is 10.6. The van der Waals surface area contributed by atoms with Crippen LogP contribution in [0.4, 0.5) is 9.59 Å². The zero-order valence-corrected chi connectivity index (χ0v) is 15.0. The van der Waals surface area contributed by atoms with Crippen molar-refractivity contribution in [2.45, 2.75) is 12.2 Å². The lowest BCUT2D eigenvalue weighted by atomic mass is 10.3. The third-order valence-corrected chi connectivity index (χ3v) is 3.66. The molecule has 2 aromatic rings. The number of para-hydroxylation sites is 2. The number of hydrogen-bond acceptors (Lipinski definition) is 8. The molecule has 4 rings (SSSR count). The summed E-state index contributed by atoms with van der Waals surface area (Å²) in [5, 5.41) is 0. The molecule has 2 aromatic carbocycles. The largest absolute Gasteiger partial charge is 0.508 e. The predicted molar refractivity (Wildman–Crippen MR) is 96.3 cm³/mol. The molecular formula is C20H20O8. The molecule has 2 atom stereocenters. The van der Waals surface area contributed by atoms with Crippen molar-refractivity contribution in [1.29, 1.82) is 0 Å². The average molecular weight is 388 g/mol. The molecule has 2 aliphatic rings. The maximum absolute atomic E-state index is 10.6. The fourth-order valence-corrected chi connectivity index (χ4v) is 2.31. The van der Waals surface area contributed by atoms with E-state index in [0.29, 0.717) is 13.2 Å². The molecule has 2 fully saturated rings. The lowest BCUT2D eigenvalue weighted by Gasteiger charge is -2.08. The van der Waals surface area contributed by atoms with Gasteiger partial charge < -0.3 is 28.4 Å². The highest BCUT2D eigenvalue weighted by molar-refractivity contribution is 5.62. The van der Waals surface area contributed by atoms with Gasteiger partial charge in [-0.2, -0.15) is 0 Å². The van der Waals surface area contributed by atoms with Gasteiger partial charge in [0.1, 0.15) is 37.9 Å². The molecule has 0 radical (unpaired) electrons. The summed E-state index contributed by atoms with van der Waals surface area (Å²) in [5.41, 5.74) is 0. The molecular weight excluding hydrogens is 368 g/mol. The fourth-order valence-electron chi connectivity index (χ4n) is 2.31. The average Bonchev–Trinajstić information content (AvgIpc) is 3.35. The van der Waals surface area contributed by atoms with Crippen LogP contribution in [-0.4, -0.2) is 50.9 Å². The Morgan fingerprint density at radius 1 is 0.679 bits per heavy atom. The van der Waals surface area contributed by atoms with Crippen LogP contribution in [0.5, 0.6) is 11.5 Å². The summed E-state index contributed by atoms with van der Waals surface area (Å²) < 4.78 is 29.6. The molecule has 0 amide bonds. The first kappa shape index (κ1) is 19.3. The third-order valence-electron chi connectivity index (χ3n) is 3.66. The van der Waals surface area contributed by atoms with Gasteiger partial charge in [-0.25, -0.2) is 9.59 Å². The van der Waals surface area contributed by atoms with E-state index < -0.39 is 12.3 Å². The summed E-state index contributed by atoms with van der Waals surface area (Å²) in [5.74, 6) is 1.52. The van der Waals surface area contributed by atoms with Crippen molar-refractivity contribution in [2.24, 2.45) is 0 Å². The Bertz CT molecular complexity index is 684. The van der Waals surface area contributed by atoms with Gasteiger partial charge in [0, 0.05) is 0 Å². The zero-order valence-electron chi connectivity index (χ0n) is 15.0. The Kier molecular flexibility index (Phi) is 6.95. The van der Waals surface area contributed by atoms with Crippen LogP contribution in [0.15, 0.2) is 60.7 Å². The number of cyclic esters (lactones) is 4. The topological polar surface area (TPSA) is 89.5 Å². The van der Waals surface area contributed by atoms with E-state index in [4.69, 9.17) is 18.9 Å². The van der Waals surface area contributed by atoms with E-state index in [2.05, 4.69) is 9.47 Å². The minimum absolute atomic E-state index is 0.270. The smallest absolute Gasteiger partial charge is 0.490 e. The monoisotopic (exact) mass is 388 g/mol. The van der Waals surface area contributed by atoms with Crippen molar-refractivity contribution in [3.05, 3.63) is 60.7 Å². The van der Waals surface area contributed by atoms with Gasteiger partial charge in [0.15, 0.2) is 12.2 Å². The lowest BCUT2D eigenvalue weighted by molar-refractivity contribution is 0.0977. The minimum Gasteiger partial charge on any atom is -0.490 e. The number of benzene rings is 2. The fraction of sp³-hybridized carbons (Fsp3) is 0.300. The molecule has 0 aromatic heterocycles. The molecule has 8 nitrogen and oxygen atoms in total. The van der Waals surface area contributed by atoms with Gasteiger partial charge in [0.2, 0.25) is 0 Å². The maximum Gasteiger partial charge on any atom is 0.508 e. The molecule has 2 heterocycles. The number of ether oxygens (including phenoxy) is 6. The van der Waals surface area contributed by atoms with Gasteiger partial charge in [-0.3, -0.25) is 0 Å². The number of hydrogen-bond donors (Lipinski definition) is 0. The molecule has 0 bridgehead atoms. The van der Waals surface area contributed by atoms with Crippen LogP contribution >= 0.6 is 0 Å². The SMILES string of the molecule is O=C1OC[C@H](COc2ccccc2)O1.O=C1OC[C@H](COc2ccccc2)O1. The summed E-state index contributed by atoms with van der Waals surface area (Å²) in [4.78, 5) is 21.1. The first-order valence-corrected chi connectivity index (χ1v) is 8.71. The highest BCUT2D eigenvalue weighted by atomic mass is 16.8. The van der Waals surface area contributed by atoms with E-state index in [0.717, 1.165) is 11.5 Å². The first-order chi connectivity index (χ1) is 13.7. The molecule has 0 unspecified atom stereocenters. The summed E-state index contributed by atoms with van der Waals surface area (Å²) in [6.45, 7) is 1.20. The van der Waals surface area contributed by atoms with E-state index in [9.17, 15) is 9.59 Å². The molecule has 2 saturated heterocycles. The number of rotatable bonds is 6. The van der Waals surface area contributed by atoms with Crippen LogP contribution in [-0.2, 0) is 18.9 Å². The van der Waals surface area contributed by atoms with E-state index >= 15 is 0 Å². The molecule has 0 aliphatic carbocycles. The van der Waals surface area contributed by atoms with E-state index in [1.807, 2.05) is 60.7 Å². The van der Waals surface area contributed by atoms with Crippen LogP contribution in [0.3, 0.4) is 0 Å². The van der Waals surface area contributed by atoms with Gasteiger partial charge in [-0.05, 0) is 24.3 Å². The van der Waals surface area contributed by atoms with E-state index in [-0.39, 0.29) is 25.4 Å². The normalized spacial score (nSPS) is 20.0. The van der Waals surface area contributed by atoms with Gasteiger partial charge in [0.25, 0.3) is 0 Å². The zero-order chi connectivity index (χ0) is 19.6. The minimum atomic E-state index is -0.619. The van der Waals surface area contributed by atoms with Crippen LogP contribution in [0.1, 0.15) is 0 Å². The number of carbonyl (C=O) groups excluding carboxylic acids is 2. The Hall–Kier alpha value is -3.42. The van der Waals surface area contributed by atoms with Gasteiger partial charge in [0.05, 0.1) is 0 Å². The third kappa shape index (κ3) is 6.39.